The third kappa shape index (κ3) is 7.33. The fourth-order valence-electron chi connectivity index (χ4n) is 3.98. The van der Waals surface area contributed by atoms with Gasteiger partial charge in [0.25, 0.3) is 5.92 Å². The van der Waals surface area contributed by atoms with Crippen LogP contribution < -0.4 is 15.4 Å². The monoisotopic (exact) mass is 490 g/mol. The van der Waals surface area contributed by atoms with Crippen LogP contribution in [0.5, 0.6) is 5.75 Å². The van der Waals surface area contributed by atoms with Crippen LogP contribution in [0, 0.1) is 0 Å². The molecule has 5 nitrogen and oxygen atoms in total. The Labute approximate surface area is 201 Å². The van der Waals surface area contributed by atoms with Crippen LogP contribution in [-0.2, 0) is 10.7 Å². The maximum Gasteiger partial charge on any atom is 0.296 e. The number of H-pyrrole nitrogens is 1. The molecule has 2 aromatic carbocycles. The minimum Gasteiger partial charge on any atom is -0.478 e. The van der Waals surface area contributed by atoms with Gasteiger partial charge in [0, 0.05) is 30.2 Å². The summed E-state index contributed by atoms with van der Waals surface area (Å²) in [7, 11) is 2.22. The average Bonchev–Trinajstić information content (AvgIpc) is 2.84. The third-order valence-electron chi connectivity index (χ3n) is 5.87. The van der Waals surface area contributed by atoms with Crippen LogP contribution in [0.1, 0.15) is 49.7 Å². The fraction of sp³-hybridized carbons (Fsp3) is 0.423. The van der Waals surface area contributed by atoms with E-state index < -0.39 is 12.5 Å². The van der Waals surface area contributed by atoms with Crippen LogP contribution in [-0.4, -0.2) is 31.3 Å². The third-order valence-corrected chi connectivity index (χ3v) is 6.12. The van der Waals surface area contributed by atoms with Gasteiger partial charge in [0.15, 0.2) is 0 Å². The zero-order valence-electron chi connectivity index (χ0n) is 19.5. The number of aromatic nitrogens is 1. The number of halogens is 2. The van der Waals surface area contributed by atoms with Gasteiger partial charge in [-0.2, -0.15) is 8.78 Å². The van der Waals surface area contributed by atoms with Crippen molar-refractivity contribution < 1.29 is 18.0 Å². The maximum atomic E-state index is 14.0. The van der Waals surface area contributed by atoms with Crippen molar-refractivity contribution in [3.8, 4) is 5.75 Å². The lowest BCUT2D eigenvalue weighted by Crippen LogP contribution is -2.22. The molecule has 8 heteroatoms. The van der Waals surface area contributed by atoms with E-state index in [1.165, 1.54) is 18.2 Å². The second kappa shape index (κ2) is 12.9. The van der Waals surface area contributed by atoms with Crippen LogP contribution in [0.3, 0.4) is 0 Å². The molecule has 184 valence electrons. The maximum absolute atomic E-state index is 14.0. The molecule has 34 heavy (non-hydrogen) atoms. The van der Waals surface area contributed by atoms with Gasteiger partial charge in [-0.3, -0.25) is 4.79 Å². The Morgan fingerprint density at radius 2 is 1.79 bits per heavy atom. The van der Waals surface area contributed by atoms with E-state index in [9.17, 15) is 13.6 Å². The van der Waals surface area contributed by atoms with E-state index in [1.54, 1.807) is 18.2 Å². The van der Waals surface area contributed by atoms with Crippen LogP contribution in [0.15, 0.2) is 59.4 Å². The van der Waals surface area contributed by atoms with Crippen molar-refractivity contribution >= 4 is 20.4 Å². The number of rotatable bonds is 14. The molecule has 1 aromatic heterocycles. The number of aromatic amines is 1. The first kappa shape index (κ1) is 26.3. The van der Waals surface area contributed by atoms with Gasteiger partial charge in [-0.15, -0.1) is 0 Å². The van der Waals surface area contributed by atoms with Gasteiger partial charge in [-0.05, 0) is 43.0 Å². The van der Waals surface area contributed by atoms with Crippen LogP contribution >= 0.6 is 9.47 Å². The minimum atomic E-state index is -2.95. The Balaban J connectivity index is 1.31. The topological polar surface area (TPSA) is 63.4 Å². The van der Waals surface area contributed by atoms with E-state index in [2.05, 4.69) is 26.7 Å². The van der Waals surface area contributed by atoms with Gasteiger partial charge in [0.05, 0.1) is 15.0 Å². The number of ether oxygens (including phenoxy) is 1. The number of pyridine rings is 1. The predicted molar refractivity (Wildman–Crippen MR) is 136 cm³/mol. The highest BCUT2D eigenvalue weighted by Crippen LogP contribution is 2.31. The molecule has 0 fully saturated rings. The molecular formula is C26H33F2N2O3P. The number of hydrogen-bond donors (Lipinski definition) is 2. The molecule has 0 saturated heterocycles. The molecular weight excluding hydrogens is 457 g/mol. The van der Waals surface area contributed by atoms with E-state index >= 15 is 0 Å². The molecule has 1 heterocycles. The quantitative estimate of drug-likeness (QED) is 0.223. The molecule has 2 N–H and O–H groups in total. The van der Waals surface area contributed by atoms with Crippen molar-refractivity contribution in [3.05, 3.63) is 76.1 Å². The van der Waals surface area contributed by atoms with Crippen LogP contribution in [0.2, 0.25) is 0 Å². The van der Waals surface area contributed by atoms with E-state index in [-0.39, 0.29) is 17.0 Å². The van der Waals surface area contributed by atoms with Crippen molar-refractivity contribution in [2.45, 2.75) is 44.4 Å². The zero-order chi connectivity index (χ0) is 24.4. The van der Waals surface area contributed by atoms with E-state index in [0.717, 1.165) is 49.7 Å². The van der Waals surface area contributed by atoms with Gasteiger partial charge in [0.1, 0.15) is 12.4 Å². The van der Waals surface area contributed by atoms with Gasteiger partial charge in [-0.1, -0.05) is 56.2 Å². The molecule has 0 aliphatic carbocycles. The first-order valence-corrected chi connectivity index (χ1v) is 12.1. The van der Waals surface area contributed by atoms with Gasteiger partial charge in [0.2, 0.25) is 5.56 Å². The van der Waals surface area contributed by atoms with E-state index in [4.69, 9.17) is 9.26 Å². The normalized spacial score (nSPS) is 12.7. The summed E-state index contributed by atoms with van der Waals surface area (Å²) >= 11 is 0. The molecule has 0 aliphatic rings. The summed E-state index contributed by atoms with van der Waals surface area (Å²) in [5.41, 5.74) is 1.68. The summed E-state index contributed by atoms with van der Waals surface area (Å²) < 4.78 is 38.6. The summed E-state index contributed by atoms with van der Waals surface area (Å²) in [6.07, 6.45) is 3.75. The summed E-state index contributed by atoms with van der Waals surface area (Å²) in [5.74, 6) is -2.08. The Morgan fingerprint density at radius 3 is 2.56 bits per heavy atom. The number of benzene rings is 2. The smallest absolute Gasteiger partial charge is 0.296 e. The molecule has 0 radical (unpaired) electrons. The summed E-state index contributed by atoms with van der Waals surface area (Å²) in [4.78, 5) is 14.6. The Bertz CT molecular complexity index is 1090. The molecule has 2 unspecified atom stereocenters. The zero-order valence-corrected chi connectivity index (χ0v) is 20.6. The highest BCUT2D eigenvalue weighted by Gasteiger charge is 2.31. The molecule has 3 rings (SSSR count). The van der Waals surface area contributed by atoms with Crippen molar-refractivity contribution in [3.63, 3.8) is 0 Å². The summed E-state index contributed by atoms with van der Waals surface area (Å²) in [6, 6.07) is 15.1. The number of unbranched alkanes of at least 4 members (excludes halogenated alkanes) is 3. The standard InChI is InChI=1S/C26H33F2N2O3P/c1-19(21-11-13-23(33-34)25-22(21)12-14-24(31)30-25)17-29-15-7-2-3-8-16-32-18-26(27,28)20-9-5-4-6-10-20/h4-6,9-14,19,29H,2-3,7-8,15-18,34H2,1H3,(H,30,31). The Kier molecular flexibility index (Phi) is 10.00. The highest BCUT2D eigenvalue weighted by atomic mass is 31.0. The summed E-state index contributed by atoms with van der Waals surface area (Å²) in [5, 5.41) is 4.47. The van der Waals surface area contributed by atoms with Crippen molar-refractivity contribution in [2.24, 2.45) is 0 Å². The summed E-state index contributed by atoms with van der Waals surface area (Å²) in [6.45, 7) is 3.61. The van der Waals surface area contributed by atoms with Gasteiger partial charge < -0.3 is 19.6 Å². The van der Waals surface area contributed by atoms with Crippen molar-refractivity contribution in [2.75, 3.05) is 26.3 Å². The fourth-order valence-corrected chi connectivity index (χ4v) is 4.17. The second-order valence-corrected chi connectivity index (χ2v) is 8.76. The van der Waals surface area contributed by atoms with E-state index in [0.29, 0.717) is 17.9 Å². The molecule has 0 saturated carbocycles. The number of nitrogens with one attached hydrogen (secondary N) is 2. The van der Waals surface area contributed by atoms with Crippen LogP contribution in [0.25, 0.3) is 10.9 Å². The average molecular weight is 491 g/mol. The van der Waals surface area contributed by atoms with Crippen LogP contribution in [0.4, 0.5) is 8.78 Å². The SMILES string of the molecule is CC(CNCCCCCCOCC(F)(F)c1ccccc1)c1ccc(OP)c2[nH]c(=O)ccc12. The lowest BCUT2D eigenvalue weighted by atomic mass is 9.96. The van der Waals surface area contributed by atoms with Crippen molar-refractivity contribution in [1.29, 1.82) is 0 Å². The van der Waals surface area contributed by atoms with E-state index in [1.807, 2.05) is 18.2 Å². The first-order chi connectivity index (χ1) is 16.4. The number of fused-ring (bicyclic) bond motifs is 1. The molecule has 2 atom stereocenters. The largest absolute Gasteiger partial charge is 0.478 e. The lowest BCUT2D eigenvalue weighted by molar-refractivity contribution is -0.0831. The Morgan fingerprint density at radius 1 is 1.03 bits per heavy atom. The first-order valence-electron chi connectivity index (χ1n) is 11.7. The molecule has 0 bridgehead atoms. The van der Waals surface area contributed by atoms with Crippen molar-refractivity contribution in [1.82, 2.24) is 10.3 Å². The van der Waals surface area contributed by atoms with Gasteiger partial charge in [-0.25, -0.2) is 0 Å². The number of hydrogen-bond acceptors (Lipinski definition) is 4. The minimum absolute atomic E-state index is 0.00905. The number of alkyl halides is 2. The molecule has 3 aromatic rings. The molecule has 0 amide bonds. The second-order valence-electron chi connectivity index (χ2n) is 8.52. The Hall–Kier alpha value is -2.34. The highest BCUT2D eigenvalue weighted by molar-refractivity contribution is 7.10. The lowest BCUT2D eigenvalue weighted by Gasteiger charge is -2.17. The predicted octanol–water partition coefficient (Wildman–Crippen LogP) is 5.76. The van der Waals surface area contributed by atoms with Gasteiger partial charge >= 0.3 is 0 Å². The molecule has 0 aliphatic heterocycles. The molecule has 0 spiro atoms.